The van der Waals surface area contributed by atoms with Crippen LogP contribution in [-0.4, -0.2) is 34.1 Å². The van der Waals surface area contributed by atoms with Crippen molar-refractivity contribution in [3.63, 3.8) is 0 Å². The summed E-state index contributed by atoms with van der Waals surface area (Å²) in [4.78, 5) is 9.14. The number of imidazole rings is 1. The van der Waals surface area contributed by atoms with E-state index in [2.05, 4.69) is 56.1 Å². The first kappa shape index (κ1) is 21.9. The van der Waals surface area contributed by atoms with Gasteiger partial charge in [0, 0.05) is 29.4 Å². The number of hydrogen-bond donors (Lipinski definition) is 1. The number of nitrogens with zero attached hydrogens (tertiary/aromatic N) is 3. The van der Waals surface area contributed by atoms with Gasteiger partial charge in [-0.15, -0.1) is 0 Å². The maximum Gasteiger partial charge on any atom is 0.149 e. The Morgan fingerprint density at radius 3 is 2.74 bits per heavy atom. The molecule has 0 amide bonds. The zero-order valence-corrected chi connectivity index (χ0v) is 19.9. The van der Waals surface area contributed by atoms with Crippen LogP contribution in [0.25, 0.3) is 38.9 Å². The molecular weight excluding hydrogens is 439 g/mol. The van der Waals surface area contributed by atoms with E-state index in [9.17, 15) is 4.39 Å². The molecular formula is C29H27FN4O. The second-order valence-corrected chi connectivity index (χ2v) is 9.30. The highest BCUT2D eigenvalue weighted by atomic mass is 19.1. The fraction of sp³-hybridized carbons (Fsp3) is 0.241. The monoisotopic (exact) mass is 466 g/mol. The molecule has 0 aliphatic carbocycles. The summed E-state index contributed by atoms with van der Waals surface area (Å²) in [5, 5.41) is 4.35. The van der Waals surface area contributed by atoms with Gasteiger partial charge in [0.05, 0.1) is 24.5 Å². The van der Waals surface area contributed by atoms with E-state index >= 15 is 0 Å². The Labute approximate surface area is 203 Å². The quantitative estimate of drug-likeness (QED) is 0.353. The summed E-state index contributed by atoms with van der Waals surface area (Å²) in [7, 11) is 0. The number of fused-ring (bicyclic) bond motifs is 2. The average molecular weight is 467 g/mol. The summed E-state index contributed by atoms with van der Waals surface area (Å²) in [5.74, 6) is -0.296. The lowest BCUT2D eigenvalue weighted by Gasteiger charge is -2.16. The molecule has 1 aliphatic heterocycles. The molecule has 4 heterocycles. The Morgan fingerprint density at radius 1 is 1.03 bits per heavy atom. The molecule has 1 saturated heterocycles. The number of nitrogens with one attached hydrogen (secondary N) is 1. The van der Waals surface area contributed by atoms with Gasteiger partial charge < -0.3 is 10.1 Å². The van der Waals surface area contributed by atoms with Gasteiger partial charge >= 0.3 is 0 Å². The number of halogens is 1. The third-order valence-electron chi connectivity index (χ3n) is 6.72. The fourth-order valence-corrected chi connectivity index (χ4v) is 4.95. The summed E-state index contributed by atoms with van der Waals surface area (Å²) in [6.45, 7) is 6.29. The van der Waals surface area contributed by atoms with Crippen LogP contribution in [0, 0.1) is 19.7 Å². The number of aromatic nitrogens is 3. The van der Waals surface area contributed by atoms with E-state index < -0.39 is 0 Å². The predicted octanol–water partition coefficient (Wildman–Crippen LogP) is 6.02. The Morgan fingerprint density at radius 2 is 1.89 bits per heavy atom. The van der Waals surface area contributed by atoms with E-state index in [-0.39, 0.29) is 11.9 Å². The van der Waals surface area contributed by atoms with E-state index in [0.29, 0.717) is 12.1 Å². The second kappa shape index (κ2) is 8.87. The van der Waals surface area contributed by atoms with Crippen LogP contribution in [0.15, 0.2) is 67.0 Å². The lowest BCUT2D eigenvalue weighted by Crippen LogP contribution is -2.23. The molecule has 5 aromatic rings. The third kappa shape index (κ3) is 4.09. The van der Waals surface area contributed by atoms with Crippen molar-refractivity contribution in [2.24, 2.45) is 0 Å². The minimum atomic E-state index is -0.296. The van der Waals surface area contributed by atoms with Gasteiger partial charge in [0.15, 0.2) is 0 Å². The van der Waals surface area contributed by atoms with Crippen LogP contribution in [0.2, 0.25) is 0 Å². The maximum atomic E-state index is 14.7. The van der Waals surface area contributed by atoms with Crippen LogP contribution in [0.4, 0.5) is 4.39 Å². The largest absolute Gasteiger partial charge is 0.379 e. The number of pyridine rings is 2. The highest BCUT2D eigenvalue weighted by Gasteiger charge is 2.16. The first-order valence-corrected chi connectivity index (χ1v) is 12.0. The highest BCUT2D eigenvalue weighted by molar-refractivity contribution is 5.95. The molecule has 0 spiro atoms. The van der Waals surface area contributed by atoms with Crippen LogP contribution in [0.3, 0.4) is 0 Å². The van der Waals surface area contributed by atoms with Crippen LogP contribution >= 0.6 is 0 Å². The first-order valence-electron chi connectivity index (χ1n) is 12.0. The highest BCUT2D eigenvalue weighted by Crippen LogP contribution is 2.32. The Bertz CT molecular complexity index is 1530. The molecule has 2 aromatic carbocycles. The summed E-state index contributed by atoms with van der Waals surface area (Å²) in [6.07, 6.45) is 4.94. The molecule has 5 nitrogen and oxygen atoms in total. The van der Waals surface area contributed by atoms with Gasteiger partial charge in [0.25, 0.3) is 0 Å². The Hall–Kier alpha value is -3.61. The summed E-state index contributed by atoms with van der Waals surface area (Å²) < 4.78 is 22.4. The van der Waals surface area contributed by atoms with Gasteiger partial charge in [0.1, 0.15) is 17.0 Å². The molecule has 176 valence electrons. The van der Waals surface area contributed by atoms with Crippen molar-refractivity contribution in [3.8, 4) is 22.4 Å². The zero-order chi connectivity index (χ0) is 23.9. The smallest absolute Gasteiger partial charge is 0.149 e. The van der Waals surface area contributed by atoms with E-state index in [1.54, 1.807) is 0 Å². The van der Waals surface area contributed by atoms with Gasteiger partial charge in [-0.25, -0.2) is 9.37 Å². The van der Waals surface area contributed by atoms with Crippen molar-refractivity contribution >= 4 is 16.6 Å². The molecule has 6 heteroatoms. The molecule has 35 heavy (non-hydrogen) atoms. The molecule has 6 rings (SSSR count). The standard InChI is InChI=1S/C29H27FN4O/c1-18-12-24-23(14-19(2)33-29(24)25(30)13-18)27-16-32-28-15-22(8-10-34(27)28)20-4-6-21(7-5-20)26-17-35-11-3-9-31-26/h4-8,10,12-16,26,31H,3,9,11,17H2,1-2H3. The minimum Gasteiger partial charge on any atom is -0.379 e. The predicted molar refractivity (Wildman–Crippen MR) is 137 cm³/mol. The van der Waals surface area contributed by atoms with E-state index in [1.165, 1.54) is 11.6 Å². The van der Waals surface area contributed by atoms with Crippen LogP contribution in [0.1, 0.15) is 29.3 Å². The Balaban J connectivity index is 1.37. The van der Waals surface area contributed by atoms with Crippen molar-refractivity contribution in [2.75, 3.05) is 19.8 Å². The molecule has 1 fully saturated rings. The van der Waals surface area contributed by atoms with Gasteiger partial charge in [-0.2, -0.15) is 0 Å². The molecule has 0 bridgehead atoms. The first-order chi connectivity index (χ1) is 17.1. The van der Waals surface area contributed by atoms with Crippen LogP contribution in [-0.2, 0) is 4.74 Å². The van der Waals surface area contributed by atoms with Gasteiger partial charge in [-0.1, -0.05) is 24.3 Å². The SMILES string of the molecule is Cc1cc(F)c2nc(C)cc(-c3cnc4cc(-c5ccc(C6COCCCN6)cc5)ccn34)c2c1. The molecule has 1 N–H and O–H groups in total. The van der Waals surface area contributed by atoms with E-state index in [4.69, 9.17) is 4.74 Å². The van der Waals surface area contributed by atoms with E-state index in [1.807, 2.05) is 38.4 Å². The van der Waals surface area contributed by atoms with Crippen molar-refractivity contribution < 1.29 is 9.13 Å². The molecule has 1 aliphatic rings. The molecule has 0 radical (unpaired) electrons. The summed E-state index contributed by atoms with van der Waals surface area (Å²) in [6, 6.07) is 18.6. The maximum absolute atomic E-state index is 14.7. The normalized spacial score (nSPS) is 16.6. The number of ether oxygens (including phenoxy) is 1. The molecule has 0 saturated carbocycles. The topological polar surface area (TPSA) is 51.5 Å². The van der Waals surface area contributed by atoms with Crippen LogP contribution < -0.4 is 5.32 Å². The molecule has 1 unspecified atom stereocenters. The summed E-state index contributed by atoms with van der Waals surface area (Å²) >= 11 is 0. The second-order valence-electron chi connectivity index (χ2n) is 9.30. The van der Waals surface area contributed by atoms with Crippen molar-refractivity contribution in [2.45, 2.75) is 26.3 Å². The number of aryl methyl sites for hydroxylation is 2. The van der Waals surface area contributed by atoms with Crippen molar-refractivity contribution in [1.82, 2.24) is 19.7 Å². The molecule has 1 atom stereocenters. The van der Waals surface area contributed by atoms with Crippen LogP contribution in [0.5, 0.6) is 0 Å². The lowest BCUT2D eigenvalue weighted by molar-refractivity contribution is 0.131. The van der Waals surface area contributed by atoms with Gasteiger partial charge in [-0.05, 0) is 79.4 Å². The number of benzene rings is 2. The van der Waals surface area contributed by atoms with Crippen molar-refractivity contribution in [3.05, 3.63) is 89.6 Å². The average Bonchev–Trinajstić information content (AvgIpc) is 3.08. The number of hydrogen-bond acceptors (Lipinski definition) is 4. The van der Waals surface area contributed by atoms with Gasteiger partial charge in [-0.3, -0.25) is 9.38 Å². The fourth-order valence-electron chi connectivity index (χ4n) is 4.95. The molecule has 3 aromatic heterocycles. The third-order valence-corrected chi connectivity index (χ3v) is 6.72. The van der Waals surface area contributed by atoms with Gasteiger partial charge in [0.2, 0.25) is 0 Å². The lowest BCUT2D eigenvalue weighted by atomic mass is 10.0. The van der Waals surface area contributed by atoms with E-state index in [0.717, 1.165) is 64.2 Å². The minimum absolute atomic E-state index is 0.232. The summed E-state index contributed by atoms with van der Waals surface area (Å²) in [5.41, 5.74) is 8.20. The van der Waals surface area contributed by atoms with Crippen molar-refractivity contribution in [1.29, 1.82) is 0 Å². The number of rotatable bonds is 3. The zero-order valence-electron chi connectivity index (χ0n) is 19.9. The Kier molecular flexibility index (Phi) is 5.55.